The van der Waals surface area contributed by atoms with Gasteiger partial charge in [-0.3, -0.25) is 4.90 Å². The van der Waals surface area contributed by atoms with Crippen LogP contribution in [0.5, 0.6) is 0 Å². The van der Waals surface area contributed by atoms with E-state index in [9.17, 15) is 13.2 Å². The zero-order valence-electron chi connectivity index (χ0n) is 12.7. The van der Waals surface area contributed by atoms with Crippen LogP contribution in [0.15, 0.2) is 11.6 Å². The lowest BCUT2D eigenvalue weighted by atomic mass is 10.0. The van der Waals surface area contributed by atoms with Gasteiger partial charge in [0.25, 0.3) is 0 Å². The van der Waals surface area contributed by atoms with Crippen molar-refractivity contribution in [2.24, 2.45) is 0 Å². The van der Waals surface area contributed by atoms with Crippen LogP contribution in [0.2, 0.25) is 0 Å². The molecule has 1 aliphatic heterocycles. The van der Waals surface area contributed by atoms with E-state index in [4.69, 9.17) is 4.74 Å². The van der Waals surface area contributed by atoms with Crippen LogP contribution in [0.4, 0.5) is 13.2 Å². The average molecular weight is 294 g/mol. The van der Waals surface area contributed by atoms with Crippen molar-refractivity contribution in [3.8, 4) is 0 Å². The molecule has 1 unspecified atom stereocenters. The normalized spacial score (nSPS) is 19.9. The Morgan fingerprint density at radius 1 is 1.35 bits per heavy atom. The van der Waals surface area contributed by atoms with Gasteiger partial charge in [-0.1, -0.05) is 6.08 Å². The van der Waals surface area contributed by atoms with Crippen molar-refractivity contribution in [2.45, 2.75) is 44.9 Å². The van der Waals surface area contributed by atoms with Crippen molar-refractivity contribution >= 4 is 0 Å². The van der Waals surface area contributed by atoms with Crippen LogP contribution in [-0.2, 0) is 4.74 Å². The van der Waals surface area contributed by atoms with Crippen LogP contribution in [-0.4, -0.2) is 56.0 Å². The first-order valence-corrected chi connectivity index (χ1v) is 6.88. The number of rotatable bonds is 5. The summed E-state index contributed by atoms with van der Waals surface area (Å²) in [5, 5.41) is 3.38. The van der Waals surface area contributed by atoms with Gasteiger partial charge in [0.05, 0.1) is 6.61 Å². The van der Waals surface area contributed by atoms with E-state index in [1.165, 1.54) is 6.08 Å². The van der Waals surface area contributed by atoms with Gasteiger partial charge < -0.3 is 10.1 Å². The number of nitrogens with zero attached hydrogens (tertiary/aromatic N) is 1. The molecule has 6 heteroatoms. The molecule has 20 heavy (non-hydrogen) atoms. The second-order valence-corrected chi connectivity index (χ2v) is 6.21. The van der Waals surface area contributed by atoms with Crippen LogP contribution in [0.1, 0.15) is 27.2 Å². The first kappa shape index (κ1) is 17.5. The molecule has 0 bridgehead atoms. The summed E-state index contributed by atoms with van der Waals surface area (Å²) in [7, 11) is 1.62. The molecule has 1 atom stereocenters. The van der Waals surface area contributed by atoms with Crippen molar-refractivity contribution in [3.05, 3.63) is 11.6 Å². The van der Waals surface area contributed by atoms with Gasteiger partial charge in [-0.05, 0) is 27.2 Å². The molecule has 0 saturated heterocycles. The number of ether oxygens (including phenoxy) is 1. The molecule has 0 aromatic heterocycles. The zero-order chi connectivity index (χ0) is 15.4. The van der Waals surface area contributed by atoms with Crippen LogP contribution >= 0.6 is 0 Å². The van der Waals surface area contributed by atoms with E-state index in [1.54, 1.807) is 7.11 Å². The lowest BCUT2D eigenvalue weighted by Gasteiger charge is -2.35. The monoisotopic (exact) mass is 294 g/mol. The molecule has 0 spiro atoms. The quantitative estimate of drug-likeness (QED) is 0.789. The van der Waals surface area contributed by atoms with Crippen molar-refractivity contribution in [3.63, 3.8) is 0 Å². The van der Waals surface area contributed by atoms with Gasteiger partial charge in [-0.25, -0.2) is 0 Å². The van der Waals surface area contributed by atoms with E-state index >= 15 is 0 Å². The third kappa shape index (κ3) is 5.81. The molecule has 1 aliphatic rings. The highest BCUT2D eigenvalue weighted by molar-refractivity contribution is 5.13. The molecular formula is C14H25F3N2O. The van der Waals surface area contributed by atoms with E-state index in [1.807, 2.05) is 4.90 Å². The number of alkyl halides is 3. The summed E-state index contributed by atoms with van der Waals surface area (Å²) in [6, 6.07) is 0.0882. The fraction of sp³-hybridized carbons (Fsp3) is 0.857. The summed E-state index contributed by atoms with van der Waals surface area (Å²) in [5.41, 5.74) is -0.428. The molecule has 0 aromatic rings. The van der Waals surface area contributed by atoms with Crippen LogP contribution in [0.25, 0.3) is 0 Å². The Hall–Kier alpha value is -0.590. The second-order valence-electron chi connectivity index (χ2n) is 6.21. The van der Waals surface area contributed by atoms with Crippen LogP contribution in [0, 0.1) is 0 Å². The first-order chi connectivity index (χ1) is 9.13. The van der Waals surface area contributed by atoms with Gasteiger partial charge in [0, 0.05) is 43.9 Å². The van der Waals surface area contributed by atoms with Crippen molar-refractivity contribution in [1.82, 2.24) is 10.2 Å². The summed E-state index contributed by atoms with van der Waals surface area (Å²) < 4.78 is 43.0. The molecule has 1 N–H and O–H groups in total. The third-order valence-corrected chi connectivity index (χ3v) is 3.35. The summed E-state index contributed by atoms with van der Waals surface area (Å²) in [5.74, 6) is 0. The molecule has 0 aromatic carbocycles. The predicted molar refractivity (Wildman–Crippen MR) is 73.7 cm³/mol. The number of nitrogens with one attached hydrogen (secondary N) is 1. The van der Waals surface area contributed by atoms with Crippen LogP contribution in [0.3, 0.4) is 0 Å². The van der Waals surface area contributed by atoms with E-state index < -0.39 is 11.7 Å². The maximum atomic E-state index is 12.6. The Labute approximate surface area is 119 Å². The smallest absolute Gasteiger partial charge is 0.383 e. The summed E-state index contributed by atoms with van der Waals surface area (Å²) in [6.45, 7) is 8.16. The van der Waals surface area contributed by atoms with Crippen molar-refractivity contribution < 1.29 is 17.9 Å². The topological polar surface area (TPSA) is 24.5 Å². The second kappa shape index (κ2) is 6.91. The van der Waals surface area contributed by atoms with Gasteiger partial charge in [0.15, 0.2) is 0 Å². The predicted octanol–water partition coefficient (Wildman–Crippen LogP) is 2.58. The third-order valence-electron chi connectivity index (χ3n) is 3.35. The molecule has 0 saturated carbocycles. The maximum Gasteiger partial charge on any atom is 0.412 e. The molecule has 1 rings (SSSR count). The number of hydrogen-bond acceptors (Lipinski definition) is 3. The Kier molecular flexibility index (Phi) is 6.04. The van der Waals surface area contributed by atoms with E-state index in [-0.39, 0.29) is 18.0 Å². The highest BCUT2D eigenvalue weighted by Gasteiger charge is 2.35. The Morgan fingerprint density at radius 2 is 2.00 bits per heavy atom. The molecule has 0 fully saturated rings. The molecule has 1 heterocycles. The van der Waals surface area contributed by atoms with E-state index in [2.05, 4.69) is 26.1 Å². The summed E-state index contributed by atoms with van der Waals surface area (Å²) >= 11 is 0. The minimum Gasteiger partial charge on any atom is -0.383 e. The number of methoxy groups -OCH3 is 1. The highest BCUT2D eigenvalue weighted by atomic mass is 19.4. The van der Waals surface area contributed by atoms with Gasteiger partial charge >= 0.3 is 6.18 Å². The van der Waals surface area contributed by atoms with Gasteiger partial charge in [0.2, 0.25) is 0 Å². The van der Waals surface area contributed by atoms with Crippen LogP contribution < -0.4 is 5.32 Å². The fourth-order valence-corrected chi connectivity index (χ4v) is 2.18. The maximum absolute atomic E-state index is 12.6. The molecule has 118 valence electrons. The Morgan fingerprint density at radius 3 is 2.40 bits per heavy atom. The molecule has 0 radical (unpaired) electrons. The highest BCUT2D eigenvalue weighted by Crippen LogP contribution is 2.30. The molecule has 0 aliphatic carbocycles. The Balaban J connectivity index is 2.60. The molecule has 0 amide bonds. The lowest BCUT2D eigenvalue weighted by Crippen LogP contribution is -2.51. The minimum atomic E-state index is -4.19. The van der Waals surface area contributed by atoms with Gasteiger partial charge in [-0.15, -0.1) is 0 Å². The van der Waals surface area contributed by atoms with Gasteiger partial charge in [-0.2, -0.15) is 13.2 Å². The first-order valence-electron chi connectivity index (χ1n) is 6.88. The summed E-state index contributed by atoms with van der Waals surface area (Å²) in [4.78, 5) is 2.04. The zero-order valence-corrected chi connectivity index (χ0v) is 12.7. The fourth-order valence-electron chi connectivity index (χ4n) is 2.18. The Bertz CT molecular complexity index is 334. The van der Waals surface area contributed by atoms with Gasteiger partial charge in [0.1, 0.15) is 0 Å². The largest absolute Gasteiger partial charge is 0.412 e. The van der Waals surface area contributed by atoms with Crippen molar-refractivity contribution in [1.29, 1.82) is 0 Å². The SMILES string of the molecule is COCC(CNC(C)(C)C)N1CC=C(C(F)(F)F)CC1. The van der Waals surface area contributed by atoms with E-state index in [0.29, 0.717) is 26.2 Å². The molecular weight excluding hydrogens is 269 g/mol. The van der Waals surface area contributed by atoms with Crippen molar-refractivity contribution in [2.75, 3.05) is 33.4 Å². The molecule has 3 nitrogen and oxygen atoms in total. The summed E-state index contributed by atoms with van der Waals surface area (Å²) in [6.07, 6.45) is -2.84. The lowest BCUT2D eigenvalue weighted by molar-refractivity contribution is -0.0966. The minimum absolute atomic E-state index is 0.0191. The number of halogens is 3. The van der Waals surface area contributed by atoms with E-state index in [0.717, 1.165) is 0 Å². The standard InChI is InChI=1S/C14H25F3N2O/c1-13(2,3)18-9-12(10-20-4)19-7-5-11(6-8-19)14(15,16)17/h5,12,18H,6-10H2,1-4H3. The number of hydrogen-bond donors (Lipinski definition) is 1. The average Bonchev–Trinajstić information content (AvgIpc) is 2.32.